The molecule has 4 aromatic rings. The molecular formula is C18H17FN6O. The van der Waals surface area contributed by atoms with Crippen molar-refractivity contribution in [2.45, 2.75) is 19.4 Å². The van der Waals surface area contributed by atoms with Gasteiger partial charge in [0, 0.05) is 18.5 Å². The Kier molecular flexibility index (Phi) is 3.23. The molecular weight excluding hydrogens is 335 g/mol. The monoisotopic (exact) mass is 352 g/mol. The lowest BCUT2D eigenvalue weighted by atomic mass is 10.2. The summed E-state index contributed by atoms with van der Waals surface area (Å²) in [6, 6.07) is 4.70. The van der Waals surface area contributed by atoms with Crippen molar-refractivity contribution in [1.29, 1.82) is 0 Å². The lowest BCUT2D eigenvalue weighted by Crippen LogP contribution is -2.23. The van der Waals surface area contributed by atoms with E-state index in [1.165, 1.54) is 12.1 Å². The van der Waals surface area contributed by atoms with Gasteiger partial charge >= 0.3 is 0 Å². The summed E-state index contributed by atoms with van der Waals surface area (Å²) in [4.78, 5) is 11.1. The summed E-state index contributed by atoms with van der Waals surface area (Å²) in [5.74, 6) is 0.329. The average molecular weight is 352 g/mol. The molecule has 4 heterocycles. The molecule has 0 radical (unpaired) electrons. The molecule has 132 valence electrons. The number of halogens is 1. The van der Waals surface area contributed by atoms with Crippen molar-refractivity contribution in [2.24, 2.45) is 0 Å². The van der Waals surface area contributed by atoms with Crippen LogP contribution in [0.15, 0.2) is 30.6 Å². The number of aliphatic hydroxyl groups excluding tert-OH is 1. The van der Waals surface area contributed by atoms with E-state index in [9.17, 15) is 9.50 Å². The summed E-state index contributed by atoms with van der Waals surface area (Å²) in [7, 11) is 0. The zero-order valence-corrected chi connectivity index (χ0v) is 14.1. The summed E-state index contributed by atoms with van der Waals surface area (Å²) in [6.45, 7) is 3.22. The standard InChI is InChI=1S/C18H17FN6O/c1-10-15(7-20-18(22-10)24-5-4-12(26)9-24)25-14-3-2-11(19)6-13(14)17-16(25)8-21-23-17/h2-3,6-8,12,26H,4-5,9H2,1H3,(H,21,23). The van der Waals surface area contributed by atoms with Gasteiger partial charge in [0.1, 0.15) is 5.82 Å². The van der Waals surface area contributed by atoms with Gasteiger partial charge in [-0.2, -0.15) is 5.10 Å². The van der Waals surface area contributed by atoms with Crippen LogP contribution in [0.4, 0.5) is 10.3 Å². The number of rotatable bonds is 2. The summed E-state index contributed by atoms with van der Waals surface area (Å²) in [6.07, 6.45) is 3.90. The van der Waals surface area contributed by atoms with Crippen LogP contribution in [0.1, 0.15) is 12.1 Å². The van der Waals surface area contributed by atoms with E-state index in [-0.39, 0.29) is 11.9 Å². The number of hydrogen-bond acceptors (Lipinski definition) is 5. The SMILES string of the molecule is Cc1nc(N2CCC(O)C2)ncc1-n1c2ccc(F)cc2c2[nH]ncc21. The van der Waals surface area contributed by atoms with Crippen molar-refractivity contribution in [3.8, 4) is 5.69 Å². The fraction of sp³-hybridized carbons (Fsp3) is 0.278. The number of nitrogens with zero attached hydrogens (tertiary/aromatic N) is 5. The molecule has 1 unspecified atom stereocenters. The maximum absolute atomic E-state index is 13.7. The van der Waals surface area contributed by atoms with Crippen molar-refractivity contribution in [1.82, 2.24) is 24.7 Å². The van der Waals surface area contributed by atoms with Crippen LogP contribution in [0.2, 0.25) is 0 Å². The molecule has 0 amide bonds. The molecule has 3 aromatic heterocycles. The van der Waals surface area contributed by atoms with Gasteiger partial charge in [0.25, 0.3) is 0 Å². The quantitative estimate of drug-likeness (QED) is 0.578. The Balaban J connectivity index is 1.68. The van der Waals surface area contributed by atoms with Crippen molar-refractivity contribution >= 4 is 27.9 Å². The molecule has 8 heteroatoms. The third kappa shape index (κ3) is 2.19. The third-order valence-corrected chi connectivity index (χ3v) is 4.96. The molecule has 5 rings (SSSR count). The molecule has 26 heavy (non-hydrogen) atoms. The predicted molar refractivity (Wildman–Crippen MR) is 96.0 cm³/mol. The molecule has 0 bridgehead atoms. The van der Waals surface area contributed by atoms with Crippen LogP contribution in [-0.2, 0) is 0 Å². The van der Waals surface area contributed by atoms with Gasteiger partial charge in [0.15, 0.2) is 0 Å². The zero-order chi connectivity index (χ0) is 17.8. The first-order valence-corrected chi connectivity index (χ1v) is 8.52. The molecule has 1 fully saturated rings. The minimum Gasteiger partial charge on any atom is -0.391 e. The zero-order valence-electron chi connectivity index (χ0n) is 14.1. The average Bonchev–Trinajstić information content (AvgIpc) is 3.31. The second kappa shape index (κ2) is 5.50. The molecule has 0 aliphatic carbocycles. The van der Waals surface area contributed by atoms with Gasteiger partial charge in [-0.25, -0.2) is 14.4 Å². The molecule has 1 atom stereocenters. The Morgan fingerprint density at radius 1 is 1.27 bits per heavy atom. The van der Waals surface area contributed by atoms with E-state index in [2.05, 4.69) is 20.2 Å². The summed E-state index contributed by atoms with van der Waals surface area (Å²) in [5.41, 5.74) is 4.13. The fourth-order valence-corrected chi connectivity index (χ4v) is 3.68. The molecule has 1 saturated heterocycles. The number of benzene rings is 1. The Morgan fingerprint density at radius 2 is 2.15 bits per heavy atom. The van der Waals surface area contributed by atoms with E-state index < -0.39 is 0 Å². The normalized spacial score (nSPS) is 17.7. The molecule has 7 nitrogen and oxygen atoms in total. The molecule has 1 aliphatic heterocycles. The maximum Gasteiger partial charge on any atom is 0.225 e. The Labute approximate surface area is 148 Å². The van der Waals surface area contributed by atoms with E-state index in [0.29, 0.717) is 12.5 Å². The van der Waals surface area contributed by atoms with Crippen LogP contribution in [0.3, 0.4) is 0 Å². The number of aromatic nitrogens is 5. The van der Waals surface area contributed by atoms with Crippen molar-refractivity contribution in [3.63, 3.8) is 0 Å². The Bertz CT molecular complexity index is 1130. The van der Waals surface area contributed by atoms with Gasteiger partial charge in [-0.15, -0.1) is 0 Å². The highest BCUT2D eigenvalue weighted by Crippen LogP contribution is 2.32. The first-order chi connectivity index (χ1) is 12.6. The molecule has 2 N–H and O–H groups in total. The number of hydrogen-bond donors (Lipinski definition) is 2. The van der Waals surface area contributed by atoms with Gasteiger partial charge in [-0.1, -0.05) is 0 Å². The van der Waals surface area contributed by atoms with E-state index in [0.717, 1.165) is 46.3 Å². The van der Waals surface area contributed by atoms with Crippen LogP contribution in [0.25, 0.3) is 27.6 Å². The van der Waals surface area contributed by atoms with Gasteiger partial charge < -0.3 is 14.6 Å². The minimum atomic E-state index is -0.326. The summed E-state index contributed by atoms with van der Waals surface area (Å²) < 4.78 is 15.7. The third-order valence-electron chi connectivity index (χ3n) is 4.96. The highest BCUT2D eigenvalue weighted by Gasteiger charge is 2.23. The first kappa shape index (κ1) is 15.3. The lowest BCUT2D eigenvalue weighted by molar-refractivity contribution is 0.198. The number of anilines is 1. The van der Waals surface area contributed by atoms with E-state index >= 15 is 0 Å². The van der Waals surface area contributed by atoms with Gasteiger partial charge in [-0.05, 0) is 31.5 Å². The van der Waals surface area contributed by atoms with Crippen LogP contribution >= 0.6 is 0 Å². The van der Waals surface area contributed by atoms with Crippen LogP contribution in [-0.4, -0.2) is 49.0 Å². The second-order valence-corrected chi connectivity index (χ2v) is 6.66. The van der Waals surface area contributed by atoms with Crippen molar-refractivity contribution < 1.29 is 9.50 Å². The van der Waals surface area contributed by atoms with Crippen LogP contribution < -0.4 is 4.90 Å². The molecule has 1 aromatic carbocycles. The van der Waals surface area contributed by atoms with Gasteiger partial charge in [0.05, 0.1) is 46.4 Å². The Morgan fingerprint density at radius 3 is 2.92 bits per heavy atom. The summed E-state index contributed by atoms with van der Waals surface area (Å²) in [5, 5.41) is 17.5. The number of H-pyrrole nitrogens is 1. The van der Waals surface area contributed by atoms with E-state index in [1.807, 2.05) is 16.4 Å². The highest BCUT2D eigenvalue weighted by molar-refractivity contribution is 6.06. The number of fused-ring (bicyclic) bond motifs is 3. The first-order valence-electron chi connectivity index (χ1n) is 8.52. The molecule has 0 spiro atoms. The Hall–Kier alpha value is -3.00. The summed E-state index contributed by atoms with van der Waals surface area (Å²) >= 11 is 0. The second-order valence-electron chi connectivity index (χ2n) is 6.66. The number of aliphatic hydroxyl groups is 1. The maximum atomic E-state index is 13.7. The minimum absolute atomic E-state index is 0.290. The topological polar surface area (TPSA) is 82.9 Å². The predicted octanol–water partition coefficient (Wildman–Crippen LogP) is 2.32. The van der Waals surface area contributed by atoms with E-state index in [1.54, 1.807) is 18.5 Å². The van der Waals surface area contributed by atoms with Crippen molar-refractivity contribution in [2.75, 3.05) is 18.0 Å². The number of nitrogens with one attached hydrogen (secondary N) is 1. The number of aryl methyl sites for hydroxylation is 1. The van der Waals surface area contributed by atoms with Crippen LogP contribution in [0.5, 0.6) is 0 Å². The van der Waals surface area contributed by atoms with E-state index in [4.69, 9.17) is 0 Å². The smallest absolute Gasteiger partial charge is 0.225 e. The highest BCUT2D eigenvalue weighted by atomic mass is 19.1. The lowest BCUT2D eigenvalue weighted by Gasteiger charge is -2.17. The number of β-amino-alcohol motifs (C(OH)–C–C–N with tert-alkyl or cyclic N) is 1. The fourth-order valence-electron chi connectivity index (χ4n) is 3.68. The van der Waals surface area contributed by atoms with Gasteiger partial charge in [-0.3, -0.25) is 5.10 Å². The largest absolute Gasteiger partial charge is 0.391 e. The van der Waals surface area contributed by atoms with Crippen molar-refractivity contribution in [3.05, 3.63) is 42.1 Å². The van der Waals surface area contributed by atoms with Gasteiger partial charge in [0.2, 0.25) is 5.95 Å². The number of aromatic amines is 1. The van der Waals surface area contributed by atoms with Crippen LogP contribution in [0, 0.1) is 12.7 Å². The molecule has 0 saturated carbocycles. The molecule has 1 aliphatic rings.